The first-order valence-electron chi connectivity index (χ1n) is 7.24. The minimum atomic E-state index is -1.04. The third kappa shape index (κ3) is 2.43. The lowest BCUT2D eigenvalue weighted by molar-refractivity contribution is -0.217. The number of carbonyl (C=O) groups excluding carboxylic acids is 2. The Bertz CT molecular complexity index is 460. The van der Waals surface area contributed by atoms with Crippen LogP contribution in [0, 0.1) is 5.92 Å². The maximum absolute atomic E-state index is 11.9. The van der Waals surface area contributed by atoms with Crippen LogP contribution < -0.4 is 0 Å². The molecule has 6 atom stereocenters. The van der Waals surface area contributed by atoms with Crippen molar-refractivity contribution in [3.63, 3.8) is 0 Å². The number of fused-ring (bicyclic) bond motifs is 3. The van der Waals surface area contributed by atoms with Crippen molar-refractivity contribution in [2.75, 3.05) is 0 Å². The van der Waals surface area contributed by atoms with Gasteiger partial charge in [0.25, 0.3) is 0 Å². The van der Waals surface area contributed by atoms with Crippen LogP contribution >= 0.6 is 0 Å². The Morgan fingerprint density at radius 1 is 1.29 bits per heavy atom. The molecule has 7 heteroatoms. The van der Waals surface area contributed by atoms with Gasteiger partial charge in [0.15, 0.2) is 24.3 Å². The van der Waals surface area contributed by atoms with E-state index in [0.29, 0.717) is 6.42 Å². The molecule has 3 saturated heterocycles. The number of hydrogen-bond donors (Lipinski definition) is 0. The Kier molecular flexibility index (Phi) is 3.46. The summed E-state index contributed by atoms with van der Waals surface area (Å²) >= 11 is 0. The average molecular weight is 300 g/mol. The fourth-order valence-electron chi connectivity index (χ4n) is 2.74. The predicted octanol–water partition coefficient (Wildman–Crippen LogP) is 0.746. The molecule has 0 aliphatic carbocycles. The second kappa shape index (κ2) is 4.93. The van der Waals surface area contributed by atoms with E-state index in [0.717, 1.165) is 0 Å². The molecule has 7 nitrogen and oxygen atoms in total. The Labute approximate surface area is 122 Å². The fraction of sp³-hybridized carbons (Fsp3) is 0.857. The summed E-state index contributed by atoms with van der Waals surface area (Å²) in [5.74, 6) is -2.07. The summed E-state index contributed by atoms with van der Waals surface area (Å²) in [4.78, 5) is 23.8. The van der Waals surface area contributed by atoms with Crippen LogP contribution in [0.25, 0.3) is 0 Å². The van der Waals surface area contributed by atoms with Gasteiger partial charge < -0.3 is 23.7 Å². The summed E-state index contributed by atoms with van der Waals surface area (Å²) in [6.45, 7) is 7.16. The van der Waals surface area contributed by atoms with E-state index in [1.165, 1.54) is 0 Å². The van der Waals surface area contributed by atoms with Gasteiger partial charge in [-0.3, -0.25) is 4.79 Å². The zero-order chi connectivity index (χ0) is 15.4. The van der Waals surface area contributed by atoms with Crippen molar-refractivity contribution in [2.24, 2.45) is 5.92 Å². The van der Waals surface area contributed by atoms with Crippen LogP contribution in [-0.4, -0.2) is 48.4 Å². The van der Waals surface area contributed by atoms with Crippen LogP contribution in [0.2, 0.25) is 0 Å². The topological polar surface area (TPSA) is 80.3 Å². The summed E-state index contributed by atoms with van der Waals surface area (Å²) in [6, 6.07) is 0. The first kappa shape index (κ1) is 14.7. The minimum Gasteiger partial charge on any atom is -0.454 e. The lowest BCUT2D eigenvalue weighted by Gasteiger charge is -2.22. The highest BCUT2D eigenvalue weighted by Gasteiger charge is 2.64. The molecule has 0 N–H and O–H groups in total. The van der Waals surface area contributed by atoms with Crippen molar-refractivity contribution in [3.8, 4) is 0 Å². The molecule has 0 amide bonds. The Morgan fingerprint density at radius 3 is 2.67 bits per heavy atom. The molecule has 0 aromatic heterocycles. The smallest absolute Gasteiger partial charge is 0.350 e. The van der Waals surface area contributed by atoms with E-state index >= 15 is 0 Å². The zero-order valence-electron chi connectivity index (χ0n) is 12.5. The van der Waals surface area contributed by atoms with E-state index < -0.39 is 48.4 Å². The van der Waals surface area contributed by atoms with E-state index in [1.54, 1.807) is 20.8 Å². The number of rotatable bonds is 3. The second-order valence-electron chi connectivity index (χ2n) is 6.14. The molecule has 0 bridgehead atoms. The highest BCUT2D eigenvalue weighted by Crippen LogP contribution is 2.43. The van der Waals surface area contributed by atoms with Crippen molar-refractivity contribution in [3.05, 3.63) is 0 Å². The average Bonchev–Trinajstić information content (AvgIpc) is 2.97. The van der Waals surface area contributed by atoms with Gasteiger partial charge in [-0.1, -0.05) is 13.8 Å². The Hall–Kier alpha value is -1.18. The molecule has 3 aliphatic rings. The van der Waals surface area contributed by atoms with Gasteiger partial charge >= 0.3 is 11.9 Å². The summed E-state index contributed by atoms with van der Waals surface area (Å²) < 4.78 is 27.5. The van der Waals surface area contributed by atoms with Crippen molar-refractivity contribution in [2.45, 2.75) is 70.6 Å². The molecule has 3 rings (SSSR count). The van der Waals surface area contributed by atoms with Gasteiger partial charge in [-0.2, -0.15) is 0 Å². The quantitative estimate of drug-likeness (QED) is 0.711. The molecule has 0 aromatic rings. The van der Waals surface area contributed by atoms with Gasteiger partial charge in [0.1, 0.15) is 6.10 Å². The Morgan fingerprint density at radius 2 is 2.00 bits per heavy atom. The molecule has 0 saturated carbocycles. The summed E-state index contributed by atoms with van der Waals surface area (Å²) in [5, 5.41) is 0. The number of ether oxygens (including phenoxy) is 5. The van der Waals surface area contributed by atoms with E-state index in [9.17, 15) is 9.59 Å². The molecule has 0 aromatic carbocycles. The lowest BCUT2D eigenvalue weighted by Crippen LogP contribution is -2.38. The van der Waals surface area contributed by atoms with Crippen molar-refractivity contribution >= 4 is 11.9 Å². The summed E-state index contributed by atoms with van der Waals surface area (Å²) in [7, 11) is 0. The number of esters is 2. The maximum atomic E-state index is 11.9. The number of carbonyl (C=O) groups is 2. The van der Waals surface area contributed by atoms with Gasteiger partial charge in [0, 0.05) is 0 Å². The second-order valence-corrected chi connectivity index (χ2v) is 6.14. The van der Waals surface area contributed by atoms with E-state index in [4.69, 9.17) is 23.7 Å². The minimum absolute atomic E-state index is 0.274. The monoisotopic (exact) mass is 300 g/mol. The van der Waals surface area contributed by atoms with Crippen LogP contribution in [-0.2, 0) is 33.3 Å². The largest absolute Gasteiger partial charge is 0.454 e. The molecule has 3 aliphatic heterocycles. The van der Waals surface area contributed by atoms with Crippen LogP contribution in [0.15, 0.2) is 0 Å². The van der Waals surface area contributed by atoms with Crippen LogP contribution in [0.1, 0.15) is 34.1 Å². The van der Waals surface area contributed by atoms with Gasteiger partial charge in [-0.15, -0.1) is 0 Å². The number of hydrogen-bond acceptors (Lipinski definition) is 7. The summed E-state index contributed by atoms with van der Waals surface area (Å²) in [6.07, 6.45) is -2.76. The Balaban J connectivity index is 1.70. The molecule has 3 heterocycles. The third-order valence-corrected chi connectivity index (χ3v) is 4.07. The molecular formula is C14H20O7. The summed E-state index contributed by atoms with van der Waals surface area (Å²) in [5.41, 5.74) is 0. The van der Waals surface area contributed by atoms with Crippen molar-refractivity contribution < 1.29 is 33.3 Å². The molecule has 118 valence electrons. The SMILES string of the molecule is CCC(C)C(=O)O[C@@H]1C(=O)O[C@@H]2[C@@H]3OC(C)(C)O[C@@H]3O[C@@H]21. The highest BCUT2D eigenvalue weighted by molar-refractivity contribution is 5.82. The van der Waals surface area contributed by atoms with Gasteiger partial charge in [-0.25, -0.2) is 4.79 Å². The predicted molar refractivity (Wildman–Crippen MR) is 67.9 cm³/mol. The lowest BCUT2D eigenvalue weighted by atomic mass is 10.1. The normalized spacial score (nSPS) is 41.3. The molecule has 0 radical (unpaired) electrons. The third-order valence-electron chi connectivity index (χ3n) is 4.07. The maximum Gasteiger partial charge on any atom is 0.350 e. The van der Waals surface area contributed by atoms with Crippen molar-refractivity contribution in [1.29, 1.82) is 0 Å². The molecule has 21 heavy (non-hydrogen) atoms. The van der Waals surface area contributed by atoms with E-state index in [2.05, 4.69) is 0 Å². The van der Waals surface area contributed by atoms with E-state index in [1.807, 2.05) is 6.92 Å². The van der Waals surface area contributed by atoms with Crippen LogP contribution in [0.4, 0.5) is 0 Å². The van der Waals surface area contributed by atoms with Gasteiger partial charge in [-0.05, 0) is 20.3 Å². The standard InChI is InChI=1S/C14H20O7/c1-5-6(2)11(15)18-9-7-8(17-12(9)16)10-13(19-7)21-14(3,4)20-10/h6-10,13H,5H2,1-4H3/t6?,7-,8-,9-,10-,13-/m0/s1. The van der Waals surface area contributed by atoms with E-state index in [-0.39, 0.29) is 5.92 Å². The van der Waals surface area contributed by atoms with Crippen LogP contribution in [0.5, 0.6) is 0 Å². The molecular weight excluding hydrogens is 280 g/mol. The van der Waals surface area contributed by atoms with Gasteiger partial charge in [0.05, 0.1) is 5.92 Å². The molecule has 1 unspecified atom stereocenters. The zero-order valence-corrected chi connectivity index (χ0v) is 12.5. The first-order chi connectivity index (χ1) is 9.82. The molecule has 3 fully saturated rings. The van der Waals surface area contributed by atoms with Crippen molar-refractivity contribution in [1.82, 2.24) is 0 Å². The highest BCUT2D eigenvalue weighted by atomic mass is 16.8. The first-order valence-corrected chi connectivity index (χ1v) is 7.24. The molecule has 0 spiro atoms. The fourth-order valence-corrected chi connectivity index (χ4v) is 2.74. The van der Waals surface area contributed by atoms with Gasteiger partial charge in [0.2, 0.25) is 6.10 Å². The van der Waals surface area contributed by atoms with Crippen LogP contribution in [0.3, 0.4) is 0 Å².